The van der Waals surface area contributed by atoms with Gasteiger partial charge in [0, 0.05) is 12.8 Å². The lowest BCUT2D eigenvalue weighted by atomic mass is 10.0. The van der Waals surface area contributed by atoms with Crippen LogP contribution in [0.2, 0.25) is 0 Å². The number of hydrogen-bond donors (Lipinski definition) is 0. The quantitative estimate of drug-likeness (QED) is 0.0342. The lowest BCUT2D eigenvalue weighted by Gasteiger charge is -2.26. The zero-order chi connectivity index (χ0) is 50.4. The minimum Gasteiger partial charge on any atom is -0.494 e. The van der Waals surface area contributed by atoms with Crippen LogP contribution in [0.5, 0.6) is 0 Å². The predicted molar refractivity (Wildman–Crippen MR) is 298 cm³/mol. The van der Waals surface area contributed by atoms with Gasteiger partial charge in [-0.25, -0.2) is 0 Å². The summed E-state index contributed by atoms with van der Waals surface area (Å²) in [6, 6.07) is 0. The summed E-state index contributed by atoms with van der Waals surface area (Å²) in [6.45, 7) is 21.3. The number of hydrogen-bond acceptors (Lipinski definition) is 7. The Hall–Kier alpha value is -1.44. The van der Waals surface area contributed by atoms with Crippen LogP contribution >= 0.6 is 0 Å². The molecule has 0 aromatic heterocycles. The largest absolute Gasteiger partial charge is 0.494 e. The van der Waals surface area contributed by atoms with Crippen molar-refractivity contribution in [2.45, 2.75) is 337 Å². The average Bonchev–Trinajstić information content (AvgIpc) is 3.35. The number of allylic oxidation sites excluding steroid dienone is 2. The van der Waals surface area contributed by atoms with Crippen molar-refractivity contribution < 1.29 is 33.2 Å². The van der Waals surface area contributed by atoms with Gasteiger partial charge in [0.2, 0.25) is 0 Å². The first-order chi connectivity index (χ1) is 34.1. The van der Waals surface area contributed by atoms with E-state index in [2.05, 4.69) is 55.4 Å². The molecule has 0 spiro atoms. The number of ether oxygens (including phenoxy) is 7. The summed E-state index contributed by atoms with van der Waals surface area (Å²) < 4.78 is 46.8. The molecule has 0 aromatic carbocycles. The summed E-state index contributed by atoms with van der Waals surface area (Å²) in [5, 5.41) is 0. The molecule has 7 nitrogen and oxygen atoms in total. The standard InChI is InChI=1S/C62H122O7/c1-9-17-23-29-31-33-35-41-49-59(64-51-43-37-25-19-11-3)61(66-53-45-39-27-21-13-5)57(47-15-7)68-55-63-56-69-58(48-16-8)62(67-54-46-40-28-22-14-6)60(65-52-44-38-26-20-12-4)50-42-36-34-32-30-24-18-10-2/h57-58H,9-56H2,1-8H3. The minimum atomic E-state index is -0.225. The molecule has 0 radical (unpaired) electrons. The molecular weight excluding hydrogens is 857 g/mol. The van der Waals surface area contributed by atoms with Gasteiger partial charge in [0.05, 0.1) is 26.4 Å². The van der Waals surface area contributed by atoms with Crippen molar-refractivity contribution >= 4 is 0 Å². The summed E-state index contributed by atoms with van der Waals surface area (Å²) in [5.41, 5.74) is 0. The first-order valence-electron chi connectivity index (χ1n) is 30.9. The maximum atomic E-state index is 6.81. The van der Waals surface area contributed by atoms with E-state index >= 15 is 0 Å². The Bertz CT molecular complexity index is 993. The third-order valence-electron chi connectivity index (χ3n) is 13.5. The Morgan fingerprint density at radius 2 is 0.507 bits per heavy atom. The molecule has 0 aromatic rings. The third-order valence-corrected chi connectivity index (χ3v) is 13.5. The van der Waals surface area contributed by atoms with Crippen LogP contribution in [0.25, 0.3) is 0 Å². The van der Waals surface area contributed by atoms with E-state index in [9.17, 15) is 0 Å². The molecule has 412 valence electrons. The second-order valence-corrected chi connectivity index (χ2v) is 20.4. The van der Waals surface area contributed by atoms with Crippen LogP contribution in [0.3, 0.4) is 0 Å². The Morgan fingerprint density at radius 3 is 0.783 bits per heavy atom. The predicted octanol–water partition coefficient (Wildman–Crippen LogP) is 20.7. The normalized spacial score (nSPS) is 13.3. The van der Waals surface area contributed by atoms with Crippen molar-refractivity contribution in [2.75, 3.05) is 40.0 Å². The fraction of sp³-hybridized carbons (Fsp3) is 0.935. The maximum absolute atomic E-state index is 6.81. The van der Waals surface area contributed by atoms with E-state index in [1.807, 2.05) is 0 Å². The van der Waals surface area contributed by atoms with Crippen molar-refractivity contribution in [1.29, 1.82) is 0 Å². The van der Waals surface area contributed by atoms with Gasteiger partial charge in [0.25, 0.3) is 0 Å². The minimum absolute atomic E-state index is 0.131. The molecule has 7 heteroatoms. The van der Waals surface area contributed by atoms with Crippen LogP contribution in [-0.4, -0.2) is 52.2 Å². The average molecular weight is 980 g/mol. The Kier molecular flexibility index (Phi) is 54.7. The highest BCUT2D eigenvalue weighted by Gasteiger charge is 2.25. The fourth-order valence-electron chi connectivity index (χ4n) is 9.05. The molecule has 0 aliphatic rings. The van der Waals surface area contributed by atoms with E-state index in [1.165, 1.54) is 193 Å². The Labute approximate surface area is 431 Å². The first kappa shape index (κ1) is 67.6. The van der Waals surface area contributed by atoms with Gasteiger partial charge in [-0.2, -0.15) is 0 Å². The molecule has 0 aliphatic carbocycles. The molecule has 0 fully saturated rings. The van der Waals surface area contributed by atoms with E-state index < -0.39 is 0 Å². The van der Waals surface area contributed by atoms with E-state index in [4.69, 9.17) is 33.2 Å². The van der Waals surface area contributed by atoms with Gasteiger partial charge in [0.15, 0.2) is 25.1 Å². The molecule has 69 heavy (non-hydrogen) atoms. The van der Waals surface area contributed by atoms with Crippen molar-refractivity contribution in [3.63, 3.8) is 0 Å². The third kappa shape index (κ3) is 42.7. The summed E-state index contributed by atoms with van der Waals surface area (Å²) in [4.78, 5) is 0. The van der Waals surface area contributed by atoms with Crippen LogP contribution in [0.15, 0.2) is 23.0 Å². The lowest BCUT2D eigenvalue weighted by molar-refractivity contribution is -0.167. The highest BCUT2D eigenvalue weighted by Crippen LogP contribution is 2.28. The first-order valence-corrected chi connectivity index (χ1v) is 30.9. The molecule has 0 N–H and O–H groups in total. The van der Waals surface area contributed by atoms with Gasteiger partial charge in [-0.3, -0.25) is 0 Å². The zero-order valence-corrected chi connectivity index (χ0v) is 48.0. The van der Waals surface area contributed by atoms with E-state index in [-0.39, 0.29) is 25.8 Å². The molecule has 0 aliphatic heterocycles. The van der Waals surface area contributed by atoms with Gasteiger partial charge >= 0.3 is 0 Å². The second-order valence-electron chi connectivity index (χ2n) is 20.4. The number of unbranched alkanes of at least 4 members (excludes halogenated alkanes) is 30. The molecule has 0 amide bonds. The SMILES string of the molecule is CCCCCCCCCCC(OCCCCCCC)=C(OCCCCCCC)C(CCC)OCOCOC(CCC)C(OCCCCCCC)=C(CCCCCCCCCC)OCCCCCCC. The monoisotopic (exact) mass is 979 g/mol. The van der Waals surface area contributed by atoms with Crippen LogP contribution in [0.4, 0.5) is 0 Å². The lowest BCUT2D eigenvalue weighted by Crippen LogP contribution is -2.25. The van der Waals surface area contributed by atoms with Gasteiger partial charge in [-0.15, -0.1) is 0 Å². The number of rotatable bonds is 58. The molecule has 0 heterocycles. The van der Waals surface area contributed by atoms with Crippen molar-refractivity contribution in [3.8, 4) is 0 Å². The van der Waals surface area contributed by atoms with Crippen molar-refractivity contribution in [2.24, 2.45) is 0 Å². The molecule has 2 atom stereocenters. The van der Waals surface area contributed by atoms with Crippen molar-refractivity contribution in [1.82, 2.24) is 0 Å². The molecule has 0 bridgehead atoms. The van der Waals surface area contributed by atoms with Crippen LogP contribution in [0, 0.1) is 0 Å². The summed E-state index contributed by atoms with van der Waals surface area (Å²) in [7, 11) is 0. The van der Waals surface area contributed by atoms with E-state index in [1.54, 1.807) is 0 Å². The Balaban J connectivity index is 6.35. The van der Waals surface area contributed by atoms with E-state index in [0.717, 1.165) is 113 Å². The summed E-state index contributed by atoms with van der Waals surface area (Å²) >= 11 is 0. The topological polar surface area (TPSA) is 64.6 Å². The van der Waals surface area contributed by atoms with Crippen LogP contribution in [-0.2, 0) is 33.2 Å². The highest BCUT2D eigenvalue weighted by atomic mass is 16.7. The van der Waals surface area contributed by atoms with Gasteiger partial charge in [0.1, 0.15) is 23.7 Å². The van der Waals surface area contributed by atoms with Crippen LogP contribution in [0.1, 0.15) is 325 Å². The van der Waals surface area contributed by atoms with Gasteiger partial charge in [-0.05, 0) is 51.4 Å². The highest BCUT2D eigenvalue weighted by molar-refractivity contribution is 5.09. The maximum Gasteiger partial charge on any atom is 0.162 e. The summed E-state index contributed by atoms with van der Waals surface area (Å²) in [5.74, 6) is 3.84. The molecule has 0 saturated heterocycles. The van der Waals surface area contributed by atoms with Gasteiger partial charge in [-0.1, -0.05) is 261 Å². The molecular formula is C62H122O7. The fourth-order valence-corrected chi connectivity index (χ4v) is 9.05. The van der Waals surface area contributed by atoms with Crippen LogP contribution < -0.4 is 0 Å². The van der Waals surface area contributed by atoms with E-state index in [0.29, 0.717) is 13.2 Å². The molecule has 2 unspecified atom stereocenters. The zero-order valence-electron chi connectivity index (χ0n) is 48.0. The van der Waals surface area contributed by atoms with Gasteiger partial charge < -0.3 is 33.2 Å². The smallest absolute Gasteiger partial charge is 0.162 e. The Morgan fingerprint density at radius 1 is 0.261 bits per heavy atom. The summed E-state index contributed by atoms with van der Waals surface area (Å²) in [6.07, 6.45) is 49.9. The second kappa shape index (κ2) is 55.9. The molecule has 0 rings (SSSR count). The van der Waals surface area contributed by atoms with Crippen molar-refractivity contribution in [3.05, 3.63) is 23.0 Å². The molecule has 0 saturated carbocycles.